The van der Waals surface area contributed by atoms with Gasteiger partial charge in [-0.25, -0.2) is 8.42 Å². The molecular weight excluding hydrogens is 435 g/mol. The smallest absolute Gasteiger partial charge is 0.241 e. The van der Waals surface area contributed by atoms with Crippen LogP contribution >= 0.6 is 23.2 Å². The number of carbonyl (C=O) groups is 2. The number of hydrogen-bond donors (Lipinski definition) is 0. The maximum absolute atomic E-state index is 13.0. The zero-order chi connectivity index (χ0) is 21.2. The Kier molecular flexibility index (Phi) is 7.25. The molecule has 0 aliphatic carbocycles. The number of likely N-dealkylation sites (tertiary alicyclic amines) is 1. The SMILES string of the molecule is CCCS(=O)(=O)N1CCCC1C(=O)N1CCC(C(=O)c2ccc(Cl)c(Cl)c2)CC1. The van der Waals surface area contributed by atoms with Crippen LogP contribution in [0.1, 0.15) is 49.4 Å². The lowest BCUT2D eigenvalue weighted by molar-refractivity contribution is -0.135. The molecule has 1 aromatic carbocycles. The number of piperidine rings is 1. The average molecular weight is 461 g/mol. The van der Waals surface area contributed by atoms with E-state index >= 15 is 0 Å². The number of halogens is 2. The highest BCUT2D eigenvalue weighted by atomic mass is 35.5. The Balaban J connectivity index is 1.62. The maximum atomic E-state index is 13.0. The second-order valence-corrected chi connectivity index (χ2v) is 10.5. The first-order valence-corrected chi connectivity index (χ1v) is 12.4. The number of ketones is 1. The number of carbonyl (C=O) groups excluding carboxylic acids is 2. The summed E-state index contributed by atoms with van der Waals surface area (Å²) in [6, 6.07) is 4.26. The van der Waals surface area contributed by atoms with Gasteiger partial charge in [-0.15, -0.1) is 0 Å². The molecule has 0 aromatic heterocycles. The molecule has 3 rings (SSSR count). The molecule has 0 N–H and O–H groups in total. The molecule has 2 saturated heterocycles. The van der Waals surface area contributed by atoms with Crippen molar-refractivity contribution >= 4 is 44.9 Å². The largest absolute Gasteiger partial charge is 0.341 e. The first kappa shape index (κ1) is 22.5. The molecule has 1 atom stereocenters. The van der Waals surface area contributed by atoms with Crippen LogP contribution < -0.4 is 0 Å². The van der Waals surface area contributed by atoms with Gasteiger partial charge < -0.3 is 4.90 Å². The summed E-state index contributed by atoms with van der Waals surface area (Å²) in [6.45, 7) is 3.13. The number of amides is 1. The van der Waals surface area contributed by atoms with Crippen LogP contribution in [0, 0.1) is 5.92 Å². The zero-order valence-corrected chi connectivity index (χ0v) is 18.8. The molecule has 9 heteroatoms. The van der Waals surface area contributed by atoms with Crippen molar-refractivity contribution in [1.82, 2.24) is 9.21 Å². The van der Waals surface area contributed by atoms with Crippen molar-refractivity contribution in [2.45, 2.75) is 45.1 Å². The van der Waals surface area contributed by atoms with Crippen molar-refractivity contribution in [3.8, 4) is 0 Å². The van der Waals surface area contributed by atoms with E-state index in [1.165, 1.54) is 4.31 Å². The summed E-state index contributed by atoms with van der Waals surface area (Å²) in [6.07, 6.45) is 2.90. The predicted octanol–water partition coefficient (Wildman–Crippen LogP) is 3.62. The second-order valence-electron chi connectivity index (χ2n) is 7.68. The minimum Gasteiger partial charge on any atom is -0.341 e. The van der Waals surface area contributed by atoms with Crippen molar-refractivity contribution in [3.63, 3.8) is 0 Å². The van der Waals surface area contributed by atoms with E-state index in [4.69, 9.17) is 23.2 Å². The lowest BCUT2D eigenvalue weighted by atomic mass is 9.88. The molecule has 6 nitrogen and oxygen atoms in total. The molecule has 0 radical (unpaired) electrons. The van der Waals surface area contributed by atoms with Gasteiger partial charge in [0.05, 0.1) is 15.8 Å². The predicted molar refractivity (Wildman–Crippen MR) is 114 cm³/mol. The summed E-state index contributed by atoms with van der Waals surface area (Å²) in [7, 11) is -3.40. The summed E-state index contributed by atoms with van der Waals surface area (Å²) in [4.78, 5) is 27.5. The molecule has 160 valence electrons. The van der Waals surface area contributed by atoms with Gasteiger partial charge in [-0.2, -0.15) is 4.31 Å². The summed E-state index contributed by atoms with van der Waals surface area (Å²) < 4.78 is 26.3. The number of Topliss-reactive ketones (excluding diaryl/α,β-unsaturated/α-hetero) is 1. The van der Waals surface area contributed by atoms with E-state index in [1.807, 2.05) is 6.92 Å². The fraction of sp³-hybridized carbons (Fsp3) is 0.600. The molecule has 0 bridgehead atoms. The highest BCUT2D eigenvalue weighted by molar-refractivity contribution is 7.89. The summed E-state index contributed by atoms with van der Waals surface area (Å²) in [5, 5.41) is 0.752. The van der Waals surface area contributed by atoms with E-state index in [-0.39, 0.29) is 23.4 Å². The van der Waals surface area contributed by atoms with E-state index in [9.17, 15) is 18.0 Å². The van der Waals surface area contributed by atoms with Gasteiger partial charge in [0.15, 0.2) is 5.78 Å². The van der Waals surface area contributed by atoms with Crippen LogP contribution in [-0.2, 0) is 14.8 Å². The fourth-order valence-corrected chi connectivity index (χ4v) is 6.19. The first-order chi connectivity index (χ1) is 13.7. The minimum atomic E-state index is -3.40. The number of hydrogen-bond acceptors (Lipinski definition) is 4. The fourth-order valence-electron chi connectivity index (χ4n) is 4.15. The van der Waals surface area contributed by atoms with Gasteiger partial charge in [0, 0.05) is 31.1 Å². The van der Waals surface area contributed by atoms with Crippen molar-refractivity contribution in [2.75, 3.05) is 25.4 Å². The van der Waals surface area contributed by atoms with E-state index in [0.717, 1.165) is 0 Å². The molecule has 2 heterocycles. The van der Waals surface area contributed by atoms with E-state index in [1.54, 1.807) is 23.1 Å². The van der Waals surface area contributed by atoms with Gasteiger partial charge in [0.25, 0.3) is 0 Å². The van der Waals surface area contributed by atoms with Crippen LogP contribution in [0.2, 0.25) is 10.0 Å². The molecule has 1 unspecified atom stereocenters. The first-order valence-electron chi connectivity index (χ1n) is 10.0. The van der Waals surface area contributed by atoms with Gasteiger partial charge >= 0.3 is 0 Å². The van der Waals surface area contributed by atoms with Gasteiger partial charge in [-0.3, -0.25) is 9.59 Å². The summed E-state index contributed by atoms with van der Waals surface area (Å²) in [5.74, 6) is -0.247. The Labute approximate surface area is 182 Å². The van der Waals surface area contributed by atoms with Crippen LogP contribution in [-0.4, -0.2) is 60.7 Å². The molecule has 1 amide bonds. The third-order valence-corrected chi connectivity index (χ3v) is 8.50. The standard InChI is InChI=1S/C20H26Cl2N2O4S/c1-2-12-29(27,28)24-9-3-4-18(24)20(26)23-10-7-14(8-11-23)19(25)15-5-6-16(21)17(22)13-15/h5-6,13-14,18H,2-4,7-12H2,1H3. The van der Waals surface area contributed by atoms with Crippen LogP contribution in [0.25, 0.3) is 0 Å². The molecule has 0 spiro atoms. The van der Waals surface area contributed by atoms with E-state index in [0.29, 0.717) is 67.3 Å². The van der Waals surface area contributed by atoms with Gasteiger partial charge in [-0.05, 0) is 50.3 Å². The van der Waals surface area contributed by atoms with E-state index in [2.05, 4.69) is 0 Å². The Morgan fingerprint density at radius 1 is 1.07 bits per heavy atom. The number of sulfonamides is 1. The molecule has 2 aliphatic heterocycles. The monoisotopic (exact) mass is 460 g/mol. The van der Waals surface area contributed by atoms with Crippen molar-refractivity contribution < 1.29 is 18.0 Å². The lowest BCUT2D eigenvalue weighted by Gasteiger charge is -2.34. The third-order valence-electron chi connectivity index (χ3n) is 5.69. The zero-order valence-electron chi connectivity index (χ0n) is 16.4. The van der Waals surface area contributed by atoms with Crippen LogP contribution in [0.15, 0.2) is 18.2 Å². The van der Waals surface area contributed by atoms with Crippen molar-refractivity contribution in [1.29, 1.82) is 0 Å². The average Bonchev–Trinajstić information content (AvgIpc) is 3.20. The second kappa shape index (κ2) is 9.33. The molecule has 2 aliphatic rings. The Morgan fingerprint density at radius 3 is 2.38 bits per heavy atom. The summed E-state index contributed by atoms with van der Waals surface area (Å²) >= 11 is 11.9. The molecule has 1 aromatic rings. The topological polar surface area (TPSA) is 74.8 Å². The Morgan fingerprint density at radius 2 is 1.76 bits per heavy atom. The maximum Gasteiger partial charge on any atom is 0.241 e. The van der Waals surface area contributed by atoms with Gasteiger partial charge in [0.2, 0.25) is 15.9 Å². The van der Waals surface area contributed by atoms with Gasteiger partial charge in [-0.1, -0.05) is 30.1 Å². The van der Waals surface area contributed by atoms with E-state index < -0.39 is 16.1 Å². The quantitative estimate of drug-likeness (QED) is 0.607. The number of rotatable bonds is 6. The number of nitrogens with zero attached hydrogens (tertiary/aromatic N) is 2. The summed E-state index contributed by atoms with van der Waals surface area (Å²) in [5.41, 5.74) is 0.525. The van der Waals surface area contributed by atoms with Crippen LogP contribution in [0.3, 0.4) is 0 Å². The highest BCUT2D eigenvalue weighted by Gasteiger charge is 2.41. The number of benzene rings is 1. The van der Waals surface area contributed by atoms with Crippen LogP contribution in [0.4, 0.5) is 0 Å². The minimum absolute atomic E-state index is 0.00341. The molecule has 2 fully saturated rings. The van der Waals surface area contributed by atoms with Crippen molar-refractivity contribution in [3.05, 3.63) is 33.8 Å². The van der Waals surface area contributed by atoms with Gasteiger partial charge in [0.1, 0.15) is 6.04 Å². The van der Waals surface area contributed by atoms with Crippen molar-refractivity contribution in [2.24, 2.45) is 5.92 Å². The van der Waals surface area contributed by atoms with Crippen LogP contribution in [0.5, 0.6) is 0 Å². The normalized spacial score (nSPS) is 21.5. The Bertz CT molecular complexity index is 882. The molecule has 0 saturated carbocycles. The molecule has 29 heavy (non-hydrogen) atoms. The lowest BCUT2D eigenvalue weighted by Crippen LogP contribution is -2.50. The Hall–Kier alpha value is -1.15. The molecular formula is C20H26Cl2N2O4S. The highest BCUT2D eigenvalue weighted by Crippen LogP contribution is 2.29. The third kappa shape index (κ3) is 4.95.